The number of halogens is 1. The Labute approximate surface area is 159 Å². The minimum atomic E-state index is -0.604. The largest absolute Gasteiger partial charge is 0.467 e. The van der Waals surface area contributed by atoms with Crippen LogP contribution >= 0.6 is 11.8 Å². The first-order chi connectivity index (χ1) is 13.0. The van der Waals surface area contributed by atoms with E-state index in [1.807, 2.05) is 13.0 Å². The highest BCUT2D eigenvalue weighted by Gasteiger charge is 2.39. The van der Waals surface area contributed by atoms with Gasteiger partial charge in [-0.3, -0.25) is 14.5 Å². The monoisotopic (exact) mass is 385 g/mol. The molecule has 8 heteroatoms. The maximum absolute atomic E-state index is 13.3. The molecule has 1 aromatic heterocycles. The molecular formula is C19H16FN3O3S. The summed E-state index contributed by atoms with van der Waals surface area (Å²) in [6.07, 6.45) is 2.02. The molecule has 1 unspecified atom stereocenters. The molecular weight excluding hydrogens is 369 g/mol. The number of nitrogens with zero attached hydrogens (tertiary/aromatic N) is 2. The van der Waals surface area contributed by atoms with Crippen molar-refractivity contribution in [2.75, 3.05) is 4.90 Å². The van der Waals surface area contributed by atoms with Gasteiger partial charge in [0.15, 0.2) is 0 Å². The number of carbonyl (C=O) groups is 2. The van der Waals surface area contributed by atoms with Crippen LogP contribution < -0.4 is 10.2 Å². The van der Waals surface area contributed by atoms with Gasteiger partial charge in [-0.2, -0.15) is 5.26 Å². The molecule has 1 saturated heterocycles. The second-order valence-electron chi connectivity index (χ2n) is 5.72. The molecule has 2 amide bonds. The average Bonchev–Trinajstić information content (AvgIpc) is 3.29. The molecule has 0 bridgehead atoms. The fourth-order valence-corrected chi connectivity index (χ4v) is 3.81. The molecule has 1 aliphatic rings. The Hall–Kier alpha value is -3.05. The average molecular weight is 385 g/mol. The van der Waals surface area contributed by atoms with Crippen molar-refractivity contribution in [3.8, 4) is 6.07 Å². The molecule has 27 heavy (non-hydrogen) atoms. The van der Waals surface area contributed by atoms with Gasteiger partial charge in [0.2, 0.25) is 5.91 Å². The van der Waals surface area contributed by atoms with E-state index in [1.54, 1.807) is 12.1 Å². The molecule has 0 spiro atoms. The van der Waals surface area contributed by atoms with E-state index in [2.05, 4.69) is 5.32 Å². The van der Waals surface area contributed by atoms with E-state index in [9.17, 15) is 19.2 Å². The van der Waals surface area contributed by atoms with Crippen LogP contribution in [0.4, 0.5) is 10.1 Å². The lowest BCUT2D eigenvalue weighted by Gasteiger charge is -2.18. The third-order valence-corrected chi connectivity index (χ3v) is 5.39. The van der Waals surface area contributed by atoms with Gasteiger partial charge in [0.05, 0.1) is 18.1 Å². The highest BCUT2D eigenvalue weighted by Crippen LogP contribution is 2.41. The lowest BCUT2D eigenvalue weighted by Crippen LogP contribution is -2.31. The lowest BCUT2D eigenvalue weighted by molar-refractivity contribution is -0.117. The smallest absolute Gasteiger partial charge is 0.265 e. The van der Waals surface area contributed by atoms with Gasteiger partial charge in [-0.25, -0.2) is 4.39 Å². The van der Waals surface area contributed by atoms with Crippen molar-refractivity contribution in [1.82, 2.24) is 5.32 Å². The number of nitrogens with one attached hydrogen (secondary N) is 1. The molecule has 0 radical (unpaired) electrons. The maximum Gasteiger partial charge on any atom is 0.265 e. The normalized spacial score (nSPS) is 18.3. The molecule has 2 aromatic rings. The van der Waals surface area contributed by atoms with Crippen molar-refractivity contribution >= 4 is 29.3 Å². The van der Waals surface area contributed by atoms with Crippen LogP contribution in [0.3, 0.4) is 0 Å². The van der Waals surface area contributed by atoms with Crippen molar-refractivity contribution < 1.29 is 18.4 Å². The Morgan fingerprint density at radius 3 is 2.70 bits per heavy atom. The first-order valence-corrected chi connectivity index (χ1v) is 9.14. The van der Waals surface area contributed by atoms with Crippen molar-refractivity contribution in [2.24, 2.45) is 0 Å². The zero-order valence-electron chi connectivity index (χ0n) is 14.4. The summed E-state index contributed by atoms with van der Waals surface area (Å²) in [7, 11) is 0. The van der Waals surface area contributed by atoms with Gasteiger partial charge >= 0.3 is 0 Å². The van der Waals surface area contributed by atoms with Gasteiger partial charge in [-0.15, -0.1) is 0 Å². The molecule has 138 valence electrons. The van der Waals surface area contributed by atoms with Crippen LogP contribution in [0.15, 0.2) is 57.7 Å². The molecule has 2 heterocycles. The molecule has 6 nitrogen and oxygen atoms in total. The lowest BCUT2D eigenvalue weighted by atomic mass is 10.2. The van der Waals surface area contributed by atoms with Gasteiger partial charge in [-0.1, -0.05) is 18.7 Å². The number of rotatable bonds is 5. The van der Waals surface area contributed by atoms with Crippen LogP contribution in [0.2, 0.25) is 0 Å². The predicted molar refractivity (Wildman–Crippen MR) is 98.7 cm³/mol. The number of hydrogen-bond donors (Lipinski definition) is 1. The third kappa shape index (κ3) is 3.88. The molecule has 1 atom stereocenters. The zero-order chi connectivity index (χ0) is 19.4. The first-order valence-electron chi connectivity index (χ1n) is 8.26. The van der Waals surface area contributed by atoms with Crippen LogP contribution in [-0.4, -0.2) is 17.1 Å². The van der Waals surface area contributed by atoms with E-state index < -0.39 is 17.0 Å². The van der Waals surface area contributed by atoms with Gasteiger partial charge in [0.25, 0.3) is 5.91 Å². The van der Waals surface area contributed by atoms with Gasteiger partial charge < -0.3 is 9.73 Å². The minimum absolute atomic E-state index is 0.122. The molecule has 1 aliphatic heterocycles. The van der Waals surface area contributed by atoms with Crippen LogP contribution in [0.1, 0.15) is 19.1 Å². The molecule has 0 aliphatic carbocycles. The van der Waals surface area contributed by atoms with Crippen LogP contribution in [-0.2, 0) is 16.1 Å². The first kappa shape index (κ1) is 18.7. The van der Waals surface area contributed by atoms with Crippen LogP contribution in [0.5, 0.6) is 0 Å². The number of benzene rings is 1. The van der Waals surface area contributed by atoms with E-state index >= 15 is 0 Å². The third-order valence-electron chi connectivity index (χ3n) is 3.96. The molecule has 1 aromatic carbocycles. The number of furan rings is 1. The number of hydrogen-bond acceptors (Lipinski definition) is 5. The molecule has 1 fully saturated rings. The Morgan fingerprint density at radius 1 is 1.37 bits per heavy atom. The summed E-state index contributed by atoms with van der Waals surface area (Å²) in [5.41, 5.74) is 0.242. The molecule has 0 saturated carbocycles. The summed E-state index contributed by atoms with van der Waals surface area (Å²) < 4.78 is 18.4. The van der Waals surface area contributed by atoms with E-state index in [0.29, 0.717) is 17.9 Å². The fourth-order valence-electron chi connectivity index (χ4n) is 2.61. The van der Waals surface area contributed by atoms with Crippen molar-refractivity contribution in [3.63, 3.8) is 0 Å². The van der Waals surface area contributed by atoms with E-state index in [-0.39, 0.29) is 23.1 Å². The topological polar surface area (TPSA) is 86.3 Å². The second kappa shape index (κ2) is 8.10. The standard InChI is InChI=1S/C19H16FN3O3S/c1-2-16-18(25)23(13-7-5-12(20)6-8-13)19(27-16)15(10-21)17(24)22-11-14-4-3-9-26-14/h3-9,16H,2,11H2,1H3,(H,22,24). The highest BCUT2D eigenvalue weighted by molar-refractivity contribution is 8.05. The second-order valence-corrected chi connectivity index (χ2v) is 6.91. The minimum Gasteiger partial charge on any atom is -0.467 e. The van der Waals surface area contributed by atoms with E-state index in [0.717, 1.165) is 0 Å². The Morgan fingerprint density at radius 2 is 2.11 bits per heavy atom. The number of carbonyl (C=O) groups excluding carboxylic acids is 2. The summed E-state index contributed by atoms with van der Waals surface area (Å²) in [6, 6.07) is 10.6. The Kier molecular flexibility index (Phi) is 5.62. The summed E-state index contributed by atoms with van der Waals surface area (Å²) in [4.78, 5) is 26.6. The van der Waals surface area contributed by atoms with Crippen molar-refractivity contribution in [2.45, 2.75) is 25.1 Å². The van der Waals surface area contributed by atoms with Crippen molar-refractivity contribution in [3.05, 3.63) is 64.8 Å². The van der Waals surface area contributed by atoms with Crippen LogP contribution in [0.25, 0.3) is 0 Å². The summed E-state index contributed by atoms with van der Waals surface area (Å²) in [5, 5.41) is 12.0. The fraction of sp³-hybridized carbons (Fsp3) is 0.211. The SMILES string of the molecule is CCC1SC(=C(C#N)C(=O)NCc2ccco2)N(c2ccc(F)cc2)C1=O. The maximum atomic E-state index is 13.3. The summed E-state index contributed by atoms with van der Waals surface area (Å²) in [5.74, 6) is -0.737. The number of anilines is 1. The van der Waals surface area contributed by atoms with Gasteiger partial charge in [0.1, 0.15) is 28.2 Å². The Bertz CT molecular complexity index is 917. The number of thioether (sulfide) groups is 1. The van der Waals surface area contributed by atoms with Crippen molar-refractivity contribution in [1.29, 1.82) is 5.26 Å². The summed E-state index contributed by atoms with van der Waals surface area (Å²) >= 11 is 1.17. The Balaban J connectivity index is 1.94. The predicted octanol–water partition coefficient (Wildman–Crippen LogP) is 3.33. The highest BCUT2D eigenvalue weighted by atomic mass is 32.2. The van der Waals surface area contributed by atoms with E-state index in [4.69, 9.17) is 4.42 Å². The van der Waals surface area contributed by atoms with E-state index in [1.165, 1.54) is 47.2 Å². The molecule has 1 N–H and O–H groups in total. The molecule has 3 rings (SSSR count). The van der Waals surface area contributed by atoms with Gasteiger partial charge in [-0.05, 0) is 42.8 Å². The zero-order valence-corrected chi connectivity index (χ0v) is 15.3. The number of amides is 2. The quantitative estimate of drug-likeness (QED) is 0.630. The summed E-state index contributed by atoms with van der Waals surface area (Å²) in [6.45, 7) is 1.97. The number of nitriles is 1. The van der Waals surface area contributed by atoms with Crippen LogP contribution in [0, 0.1) is 17.1 Å². The van der Waals surface area contributed by atoms with Gasteiger partial charge in [0, 0.05) is 5.69 Å².